The van der Waals surface area contributed by atoms with Crippen molar-refractivity contribution in [1.82, 2.24) is 4.90 Å². The molecule has 4 heteroatoms. The summed E-state index contributed by atoms with van der Waals surface area (Å²) in [6.07, 6.45) is 7.07. The molecule has 0 saturated carbocycles. The van der Waals surface area contributed by atoms with Crippen LogP contribution in [0.25, 0.3) is 0 Å². The highest BCUT2D eigenvalue weighted by Gasteiger charge is 1.99. The molecule has 0 aliphatic carbocycles. The van der Waals surface area contributed by atoms with Crippen LogP contribution in [0, 0.1) is 0 Å². The summed E-state index contributed by atoms with van der Waals surface area (Å²) in [6.45, 7) is 4.09. The lowest BCUT2D eigenvalue weighted by Gasteiger charge is -2.19. The summed E-state index contributed by atoms with van der Waals surface area (Å²) >= 11 is 5.56. The number of allylic oxidation sites excluding steroid dienone is 1. The largest absolute Gasteiger partial charge is 0.388 e. The second-order valence-electron chi connectivity index (χ2n) is 2.80. The zero-order valence-corrected chi connectivity index (χ0v) is 8.99. The Morgan fingerprint density at radius 1 is 1.54 bits per heavy atom. The summed E-state index contributed by atoms with van der Waals surface area (Å²) in [5, 5.41) is 0.270. The lowest BCUT2D eigenvalue weighted by Crippen LogP contribution is -2.20. The van der Waals surface area contributed by atoms with Crippen molar-refractivity contribution >= 4 is 17.8 Å². The van der Waals surface area contributed by atoms with E-state index in [1.807, 2.05) is 31.0 Å². The number of hydrogen-bond donors (Lipinski definition) is 1. The fourth-order valence-corrected chi connectivity index (χ4v) is 0.843. The molecule has 2 N–H and O–H groups in total. The van der Waals surface area contributed by atoms with Gasteiger partial charge in [0.2, 0.25) is 0 Å². The Bertz CT molecular complexity index is 215. The number of rotatable bonds is 4. The van der Waals surface area contributed by atoms with Crippen LogP contribution in [-0.2, 0) is 0 Å². The summed E-state index contributed by atoms with van der Waals surface area (Å²) < 4.78 is 0. The van der Waals surface area contributed by atoms with Gasteiger partial charge in [0.15, 0.2) is 0 Å². The third-order valence-corrected chi connectivity index (χ3v) is 1.46. The van der Waals surface area contributed by atoms with Crippen molar-refractivity contribution in [3.05, 3.63) is 23.6 Å². The third-order valence-electron chi connectivity index (χ3n) is 1.36. The number of nitrogens with zero attached hydrogens (tertiary/aromatic N) is 2. The standard InChI is InChI=1S/C9H16ClN3/c1-8(2)13(7-9(10)11)6-4-5-12-3/h4-8H,11H2,1-3H3/b6-4-,9-7+,12-5+. The molecule has 0 fully saturated rings. The van der Waals surface area contributed by atoms with Gasteiger partial charge in [0.05, 0.1) is 0 Å². The molecule has 74 valence electrons. The van der Waals surface area contributed by atoms with E-state index < -0.39 is 0 Å². The van der Waals surface area contributed by atoms with Gasteiger partial charge < -0.3 is 10.6 Å². The molecule has 0 spiro atoms. The van der Waals surface area contributed by atoms with E-state index in [1.54, 1.807) is 19.5 Å². The Labute approximate surface area is 84.6 Å². The van der Waals surface area contributed by atoms with E-state index in [9.17, 15) is 0 Å². The fraction of sp³-hybridized carbons (Fsp3) is 0.444. The maximum Gasteiger partial charge on any atom is 0.116 e. The van der Waals surface area contributed by atoms with Gasteiger partial charge in [-0.2, -0.15) is 0 Å². The van der Waals surface area contributed by atoms with Crippen molar-refractivity contribution in [2.45, 2.75) is 19.9 Å². The minimum Gasteiger partial charge on any atom is -0.388 e. The molecule has 3 nitrogen and oxygen atoms in total. The molecule has 0 aromatic rings. The molecule has 0 aromatic carbocycles. The van der Waals surface area contributed by atoms with Crippen molar-refractivity contribution in [2.75, 3.05) is 7.05 Å². The van der Waals surface area contributed by atoms with E-state index in [0.717, 1.165) is 0 Å². The molecule has 0 radical (unpaired) electrons. The SMILES string of the molecule is C/N=C/C=C\N(/C=C(/N)Cl)C(C)C. The number of halogens is 1. The molecule has 0 atom stereocenters. The summed E-state index contributed by atoms with van der Waals surface area (Å²) in [4.78, 5) is 5.73. The van der Waals surface area contributed by atoms with Crippen LogP contribution >= 0.6 is 11.6 Å². The lowest BCUT2D eigenvalue weighted by molar-refractivity contribution is 0.416. The highest BCUT2D eigenvalue weighted by Crippen LogP contribution is 2.03. The van der Waals surface area contributed by atoms with Gasteiger partial charge in [0.25, 0.3) is 0 Å². The Morgan fingerprint density at radius 2 is 2.15 bits per heavy atom. The van der Waals surface area contributed by atoms with Crippen molar-refractivity contribution < 1.29 is 0 Å². The average molecular weight is 202 g/mol. The second-order valence-corrected chi connectivity index (χ2v) is 3.24. The molecular weight excluding hydrogens is 186 g/mol. The summed E-state index contributed by atoms with van der Waals surface area (Å²) in [6, 6.07) is 0.318. The molecule has 0 aliphatic rings. The zero-order chi connectivity index (χ0) is 10.3. The monoisotopic (exact) mass is 201 g/mol. The molecule has 0 aromatic heterocycles. The lowest BCUT2D eigenvalue weighted by atomic mass is 10.3. The topological polar surface area (TPSA) is 41.6 Å². The van der Waals surface area contributed by atoms with Crippen LogP contribution in [0.4, 0.5) is 0 Å². The van der Waals surface area contributed by atoms with Crippen molar-refractivity contribution in [1.29, 1.82) is 0 Å². The third kappa shape index (κ3) is 6.22. The van der Waals surface area contributed by atoms with Gasteiger partial charge >= 0.3 is 0 Å². The predicted octanol–water partition coefficient (Wildman–Crippen LogP) is 1.91. The van der Waals surface area contributed by atoms with Crippen LogP contribution in [0.2, 0.25) is 0 Å². The molecule has 0 amide bonds. The van der Waals surface area contributed by atoms with Crippen LogP contribution < -0.4 is 5.73 Å². The summed E-state index contributed by atoms with van der Waals surface area (Å²) in [5.41, 5.74) is 5.35. The Kier molecular flexibility index (Phi) is 6.06. The Hall–Kier alpha value is -0.960. The molecule has 0 aliphatic heterocycles. The van der Waals surface area contributed by atoms with Crippen LogP contribution in [0.3, 0.4) is 0 Å². The first kappa shape index (κ1) is 12.0. The Morgan fingerprint density at radius 3 is 2.54 bits per heavy atom. The van der Waals surface area contributed by atoms with Crippen LogP contribution in [0.15, 0.2) is 28.6 Å². The highest BCUT2D eigenvalue weighted by molar-refractivity contribution is 6.28. The van der Waals surface area contributed by atoms with Gasteiger partial charge in [-0.1, -0.05) is 11.6 Å². The van der Waals surface area contributed by atoms with Gasteiger partial charge in [-0.3, -0.25) is 4.99 Å². The van der Waals surface area contributed by atoms with Crippen LogP contribution in [-0.4, -0.2) is 24.2 Å². The minimum atomic E-state index is 0.270. The van der Waals surface area contributed by atoms with E-state index >= 15 is 0 Å². The molecule has 0 unspecified atom stereocenters. The quantitative estimate of drug-likeness (QED) is 0.558. The van der Waals surface area contributed by atoms with Gasteiger partial charge in [0.1, 0.15) is 5.16 Å². The fourth-order valence-electron chi connectivity index (χ4n) is 0.731. The Balaban J connectivity index is 4.35. The summed E-state index contributed by atoms with van der Waals surface area (Å²) in [7, 11) is 1.72. The van der Waals surface area contributed by atoms with E-state index in [1.165, 1.54) is 0 Å². The van der Waals surface area contributed by atoms with Crippen molar-refractivity contribution in [3.8, 4) is 0 Å². The average Bonchev–Trinajstić information content (AvgIpc) is 2.02. The maximum absolute atomic E-state index is 5.56. The number of aliphatic imine (C=N–C) groups is 1. The van der Waals surface area contributed by atoms with Gasteiger partial charge in [-0.15, -0.1) is 0 Å². The second kappa shape index (κ2) is 6.54. The van der Waals surface area contributed by atoms with E-state index in [4.69, 9.17) is 17.3 Å². The van der Waals surface area contributed by atoms with Crippen molar-refractivity contribution in [3.63, 3.8) is 0 Å². The van der Waals surface area contributed by atoms with Crippen LogP contribution in [0.1, 0.15) is 13.8 Å². The number of nitrogens with two attached hydrogens (primary N) is 1. The molecule has 0 saturated heterocycles. The van der Waals surface area contributed by atoms with Crippen molar-refractivity contribution in [2.24, 2.45) is 10.7 Å². The number of hydrogen-bond acceptors (Lipinski definition) is 3. The molecular formula is C9H16ClN3. The normalized spacial score (nSPS) is 13.5. The zero-order valence-electron chi connectivity index (χ0n) is 8.24. The van der Waals surface area contributed by atoms with Gasteiger partial charge in [-0.05, 0) is 19.9 Å². The van der Waals surface area contributed by atoms with Gasteiger partial charge in [-0.25, -0.2) is 0 Å². The van der Waals surface area contributed by atoms with E-state index in [0.29, 0.717) is 6.04 Å². The van der Waals surface area contributed by atoms with E-state index in [-0.39, 0.29) is 5.16 Å². The first-order valence-corrected chi connectivity index (χ1v) is 4.45. The highest BCUT2D eigenvalue weighted by atomic mass is 35.5. The smallest absolute Gasteiger partial charge is 0.116 e. The molecule has 0 bridgehead atoms. The van der Waals surface area contributed by atoms with Crippen LogP contribution in [0.5, 0.6) is 0 Å². The minimum absolute atomic E-state index is 0.270. The first-order valence-electron chi connectivity index (χ1n) is 4.07. The maximum atomic E-state index is 5.56. The summed E-state index contributed by atoms with van der Waals surface area (Å²) in [5.74, 6) is 0. The molecule has 0 rings (SSSR count). The molecule has 13 heavy (non-hydrogen) atoms. The van der Waals surface area contributed by atoms with Gasteiger partial charge in [0, 0.05) is 31.7 Å². The molecule has 0 heterocycles. The first-order chi connectivity index (χ1) is 6.07. The van der Waals surface area contributed by atoms with E-state index in [2.05, 4.69) is 4.99 Å². The predicted molar refractivity (Wildman–Crippen MR) is 58.7 cm³/mol.